The molecule has 1 heterocycles. The predicted molar refractivity (Wildman–Crippen MR) is 107 cm³/mol. The summed E-state index contributed by atoms with van der Waals surface area (Å²) in [7, 11) is 6.05. The Morgan fingerprint density at radius 3 is 2.31 bits per heavy atom. The summed E-state index contributed by atoms with van der Waals surface area (Å²) in [5, 5.41) is 11.1. The molecule has 0 radical (unpaired) electrons. The summed E-state index contributed by atoms with van der Waals surface area (Å²) >= 11 is 0. The predicted octanol–water partition coefficient (Wildman–Crippen LogP) is 4.38. The number of nitrogens with zero attached hydrogens (tertiary/aromatic N) is 3. The van der Waals surface area contributed by atoms with Gasteiger partial charge < -0.3 is 4.90 Å². The molecule has 5 heteroatoms. The molecule has 0 spiro atoms. The Hall–Kier alpha value is -2.95. The smallest absolute Gasteiger partial charge is 0.270 e. The normalized spacial score (nSPS) is 15.4. The van der Waals surface area contributed by atoms with E-state index in [4.69, 9.17) is 0 Å². The lowest BCUT2D eigenvalue weighted by molar-refractivity contribution is -0.402. The van der Waals surface area contributed by atoms with E-state index in [-0.39, 0.29) is 16.0 Å². The number of allylic oxidation sites excluding steroid dienone is 1. The highest BCUT2D eigenvalue weighted by atomic mass is 16.6. The molecule has 134 valence electrons. The SMILES string of the molecule is CN(C)c1ccc(C=CC2=[N+](C)c3ccc([N+](=O)[O-])cc3C2(C)C)cc1. The van der Waals surface area contributed by atoms with Crippen LogP contribution in [0.5, 0.6) is 0 Å². The Kier molecular flexibility index (Phi) is 4.40. The van der Waals surface area contributed by atoms with Gasteiger partial charge in [0.25, 0.3) is 5.69 Å². The molecule has 0 amide bonds. The number of non-ortho nitro benzene ring substituents is 1. The summed E-state index contributed by atoms with van der Waals surface area (Å²) in [6, 6.07) is 13.5. The van der Waals surface area contributed by atoms with Crippen LogP contribution in [0.4, 0.5) is 17.1 Å². The summed E-state index contributed by atoms with van der Waals surface area (Å²) in [6.45, 7) is 4.21. The van der Waals surface area contributed by atoms with Crippen LogP contribution in [0.1, 0.15) is 25.0 Å². The number of nitro groups is 1. The molecule has 26 heavy (non-hydrogen) atoms. The summed E-state index contributed by atoms with van der Waals surface area (Å²) in [5.74, 6) is 0. The molecule has 0 saturated carbocycles. The zero-order valence-corrected chi connectivity index (χ0v) is 15.9. The van der Waals surface area contributed by atoms with Crippen LogP contribution in [0.3, 0.4) is 0 Å². The first kappa shape index (κ1) is 17.9. The van der Waals surface area contributed by atoms with E-state index in [1.807, 2.05) is 27.2 Å². The van der Waals surface area contributed by atoms with E-state index < -0.39 is 0 Å². The van der Waals surface area contributed by atoms with Gasteiger partial charge in [0.1, 0.15) is 7.05 Å². The minimum atomic E-state index is -0.337. The van der Waals surface area contributed by atoms with Gasteiger partial charge in [-0.1, -0.05) is 12.1 Å². The van der Waals surface area contributed by atoms with Gasteiger partial charge in [0.2, 0.25) is 5.69 Å². The fraction of sp³-hybridized carbons (Fsp3) is 0.286. The maximum Gasteiger partial charge on any atom is 0.270 e. The van der Waals surface area contributed by atoms with Crippen molar-refractivity contribution in [2.24, 2.45) is 0 Å². The third-order valence-electron chi connectivity index (χ3n) is 5.07. The average Bonchev–Trinajstić information content (AvgIpc) is 2.79. The highest BCUT2D eigenvalue weighted by molar-refractivity contribution is 6.05. The first-order valence-corrected chi connectivity index (χ1v) is 8.57. The van der Waals surface area contributed by atoms with Crippen LogP contribution in [0.2, 0.25) is 0 Å². The Labute approximate surface area is 154 Å². The quantitative estimate of drug-likeness (QED) is 0.467. The Bertz CT molecular complexity index is 923. The fourth-order valence-corrected chi connectivity index (χ4v) is 3.50. The van der Waals surface area contributed by atoms with Crippen molar-refractivity contribution in [3.8, 4) is 0 Å². The van der Waals surface area contributed by atoms with Crippen molar-refractivity contribution in [3.63, 3.8) is 0 Å². The van der Waals surface area contributed by atoms with Gasteiger partial charge in [0.05, 0.1) is 10.3 Å². The van der Waals surface area contributed by atoms with Crippen LogP contribution < -0.4 is 4.90 Å². The van der Waals surface area contributed by atoms with Crippen molar-refractivity contribution in [3.05, 3.63) is 69.8 Å². The lowest BCUT2D eigenvalue weighted by Gasteiger charge is -2.15. The van der Waals surface area contributed by atoms with Gasteiger partial charge in [-0.2, -0.15) is 4.58 Å². The van der Waals surface area contributed by atoms with Crippen LogP contribution in [-0.2, 0) is 5.41 Å². The number of rotatable bonds is 4. The number of nitro benzene ring substituents is 1. The average molecular weight is 350 g/mol. The van der Waals surface area contributed by atoms with E-state index in [0.29, 0.717) is 0 Å². The van der Waals surface area contributed by atoms with Crippen LogP contribution in [0.15, 0.2) is 48.5 Å². The van der Waals surface area contributed by atoms with E-state index >= 15 is 0 Å². The van der Waals surface area contributed by atoms with Crippen LogP contribution in [-0.4, -0.2) is 36.4 Å². The van der Waals surface area contributed by atoms with Crippen molar-refractivity contribution in [2.75, 3.05) is 26.0 Å². The van der Waals surface area contributed by atoms with Gasteiger partial charge in [0.15, 0.2) is 5.71 Å². The van der Waals surface area contributed by atoms with Gasteiger partial charge >= 0.3 is 0 Å². The molecule has 5 nitrogen and oxygen atoms in total. The van der Waals surface area contributed by atoms with Crippen LogP contribution in [0.25, 0.3) is 6.08 Å². The van der Waals surface area contributed by atoms with Crippen molar-refractivity contribution in [1.82, 2.24) is 0 Å². The maximum absolute atomic E-state index is 11.1. The molecule has 3 rings (SSSR count). The molecular formula is C21H24N3O2+. The zero-order valence-electron chi connectivity index (χ0n) is 15.9. The Balaban J connectivity index is 1.95. The summed E-state index contributed by atoms with van der Waals surface area (Å²) in [5.41, 5.74) is 5.23. The third-order valence-corrected chi connectivity index (χ3v) is 5.07. The molecule has 1 aliphatic rings. The molecular weight excluding hydrogens is 326 g/mol. The first-order valence-electron chi connectivity index (χ1n) is 8.57. The van der Waals surface area contributed by atoms with E-state index in [2.05, 4.69) is 59.7 Å². The lowest BCUT2D eigenvalue weighted by Crippen LogP contribution is -2.26. The molecule has 2 aromatic carbocycles. The van der Waals surface area contributed by atoms with Gasteiger partial charge in [-0.25, -0.2) is 0 Å². The molecule has 0 unspecified atom stereocenters. The van der Waals surface area contributed by atoms with Gasteiger partial charge in [0, 0.05) is 49.6 Å². The number of benzene rings is 2. The number of hydrogen-bond acceptors (Lipinski definition) is 3. The third kappa shape index (κ3) is 3.01. The summed E-state index contributed by atoms with van der Waals surface area (Å²) < 4.78 is 2.11. The second kappa shape index (κ2) is 6.41. The van der Waals surface area contributed by atoms with Gasteiger partial charge in [-0.3, -0.25) is 10.1 Å². The Morgan fingerprint density at radius 1 is 1.08 bits per heavy atom. The number of fused-ring (bicyclic) bond motifs is 1. The highest BCUT2D eigenvalue weighted by Gasteiger charge is 2.43. The van der Waals surface area contributed by atoms with Gasteiger partial charge in [-0.15, -0.1) is 0 Å². The lowest BCUT2D eigenvalue weighted by atomic mass is 9.81. The minimum absolute atomic E-state index is 0.134. The van der Waals surface area contributed by atoms with Crippen molar-refractivity contribution in [2.45, 2.75) is 19.3 Å². The van der Waals surface area contributed by atoms with Crippen molar-refractivity contribution in [1.29, 1.82) is 0 Å². The van der Waals surface area contributed by atoms with Gasteiger partial charge in [-0.05, 0) is 37.6 Å². The van der Waals surface area contributed by atoms with Crippen molar-refractivity contribution < 1.29 is 9.50 Å². The second-order valence-corrected chi connectivity index (χ2v) is 7.35. The van der Waals surface area contributed by atoms with Crippen molar-refractivity contribution >= 4 is 28.8 Å². The second-order valence-electron chi connectivity index (χ2n) is 7.35. The summed E-state index contributed by atoms with van der Waals surface area (Å²) in [6.07, 6.45) is 4.20. The fourth-order valence-electron chi connectivity index (χ4n) is 3.50. The molecule has 0 bridgehead atoms. The molecule has 0 saturated heterocycles. The molecule has 0 atom stereocenters. The topological polar surface area (TPSA) is 49.4 Å². The van der Waals surface area contributed by atoms with Crippen LogP contribution in [0, 0.1) is 10.1 Å². The molecule has 0 fully saturated rings. The van der Waals surface area contributed by atoms with E-state index in [1.165, 1.54) is 0 Å². The molecule has 2 aromatic rings. The molecule has 0 N–H and O–H groups in total. The number of anilines is 1. The number of hydrogen-bond donors (Lipinski definition) is 0. The molecule has 0 aromatic heterocycles. The first-order chi connectivity index (χ1) is 12.2. The standard InChI is InChI=1S/C21H24N3O2/c1-21(2)18-14-17(24(25)26)11-12-19(18)23(5)20(21)13-8-15-6-9-16(10-7-15)22(3)4/h6-14H,1-5H3/q+1. The molecule has 0 aliphatic carbocycles. The summed E-state index contributed by atoms with van der Waals surface area (Å²) in [4.78, 5) is 12.9. The van der Waals surface area contributed by atoms with E-state index in [9.17, 15) is 10.1 Å². The Morgan fingerprint density at radius 2 is 1.73 bits per heavy atom. The van der Waals surface area contributed by atoms with E-state index in [1.54, 1.807) is 12.1 Å². The minimum Gasteiger partial charge on any atom is -0.378 e. The molecule has 1 aliphatic heterocycles. The maximum atomic E-state index is 11.1. The van der Waals surface area contributed by atoms with Crippen LogP contribution >= 0.6 is 0 Å². The largest absolute Gasteiger partial charge is 0.378 e. The highest BCUT2D eigenvalue weighted by Crippen LogP contribution is 2.41. The van der Waals surface area contributed by atoms with E-state index in [0.717, 1.165) is 28.2 Å². The monoisotopic (exact) mass is 350 g/mol. The zero-order chi connectivity index (χ0) is 19.1.